The number of nitrogens with one attached hydrogen (secondary N) is 2. The number of ether oxygens (including phenoxy) is 1. The van der Waals surface area contributed by atoms with Crippen molar-refractivity contribution in [1.82, 2.24) is 25.6 Å². The van der Waals surface area contributed by atoms with Gasteiger partial charge < -0.3 is 15.4 Å². The second-order valence-electron chi connectivity index (χ2n) is 7.42. The maximum absolute atomic E-state index is 12.9. The quantitative estimate of drug-likeness (QED) is 0.816. The van der Waals surface area contributed by atoms with Crippen LogP contribution in [0.15, 0.2) is 24.3 Å². The summed E-state index contributed by atoms with van der Waals surface area (Å²) in [6.45, 7) is 8.05. The fraction of sp³-hybridized carbons (Fsp3) is 0.550. The van der Waals surface area contributed by atoms with E-state index in [4.69, 9.17) is 4.74 Å². The Hall–Kier alpha value is -2.41. The number of hydrogen-bond donors (Lipinski definition) is 2. The first kappa shape index (κ1) is 19.4. The molecule has 146 valence electrons. The Kier molecular flexibility index (Phi) is 6.11. The lowest BCUT2D eigenvalue weighted by Gasteiger charge is -2.24. The van der Waals surface area contributed by atoms with Gasteiger partial charge in [-0.3, -0.25) is 4.79 Å². The molecule has 0 spiro atoms. The van der Waals surface area contributed by atoms with Crippen LogP contribution < -0.4 is 15.4 Å². The van der Waals surface area contributed by atoms with Gasteiger partial charge in [-0.1, -0.05) is 31.2 Å². The van der Waals surface area contributed by atoms with Crippen molar-refractivity contribution in [2.45, 2.75) is 45.7 Å². The lowest BCUT2D eigenvalue weighted by molar-refractivity contribution is 0.0919. The van der Waals surface area contributed by atoms with Crippen LogP contribution in [-0.4, -0.2) is 41.1 Å². The van der Waals surface area contributed by atoms with E-state index in [2.05, 4.69) is 34.8 Å². The van der Waals surface area contributed by atoms with Crippen molar-refractivity contribution >= 4 is 5.91 Å². The van der Waals surface area contributed by atoms with Gasteiger partial charge in [-0.15, -0.1) is 5.10 Å². The van der Waals surface area contributed by atoms with Gasteiger partial charge in [-0.2, -0.15) is 0 Å². The number of benzene rings is 1. The van der Waals surface area contributed by atoms with Gasteiger partial charge in [0, 0.05) is 0 Å². The van der Waals surface area contributed by atoms with Crippen LogP contribution >= 0.6 is 0 Å². The van der Waals surface area contributed by atoms with Crippen LogP contribution in [-0.2, 0) is 0 Å². The third-order valence-electron chi connectivity index (χ3n) is 5.23. The van der Waals surface area contributed by atoms with Crippen molar-refractivity contribution < 1.29 is 9.53 Å². The predicted molar refractivity (Wildman–Crippen MR) is 104 cm³/mol. The minimum absolute atomic E-state index is 0.105. The summed E-state index contributed by atoms with van der Waals surface area (Å²) in [5.41, 5.74) is 2.28. The monoisotopic (exact) mass is 371 g/mol. The van der Waals surface area contributed by atoms with E-state index in [9.17, 15) is 4.79 Å². The Morgan fingerprint density at radius 2 is 1.93 bits per heavy atom. The molecule has 0 saturated carbocycles. The molecule has 1 aliphatic rings. The molecule has 1 amide bonds. The van der Waals surface area contributed by atoms with E-state index in [-0.39, 0.29) is 17.9 Å². The highest BCUT2D eigenvalue weighted by atomic mass is 16.5. The summed E-state index contributed by atoms with van der Waals surface area (Å²) in [6, 6.07) is 8.00. The summed E-state index contributed by atoms with van der Waals surface area (Å²) in [4.78, 5) is 12.9. The van der Waals surface area contributed by atoms with Gasteiger partial charge in [0.15, 0.2) is 5.69 Å². The third kappa shape index (κ3) is 4.30. The summed E-state index contributed by atoms with van der Waals surface area (Å²) in [7, 11) is 1.64. The molecule has 3 rings (SSSR count). The topological polar surface area (TPSA) is 81.1 Å². The molecule has 1 aromatic heterocycles. The Morgan fingerprint density at radius 3 is 2.52 bits per heavy atom. The lowest BCUT2D eigenvalue weighted by atomic mass is 9.95. The van der Waals surface area contributed by atoms with Crippen LogP contribution in [0.25, 0.3) is 0 Å². The number of rotatable bonds is 6. The Labute approximate surface area is 160 Å². The minimum Gasteiger partial charge on any atom is -0.497 e. The molecule has 1 aromatic carbocycles. The standard InChI is InChI=1S/C20H29N5O2/c1-13(2)18(15-5-7-17(27-4)8-6-15)22-20(26)19-14(3)25(24-23-19)16-9-11-21-12-10-16/h5-8,13,16,18,21H,9-12H2,1-4H3,(H,22,26). The molecular weight excluding hydrogens is 342 g/mol. The molecule has 1 unspecified atom stereocenters. The minimum atomic E-state index is -0.179. The SMILES string of the molecule is COc1ccc(C(NC(=O)c2nnn(C3CCNCC3)c2C)C(C)C)cc1. The van der Waals surface area contributed by atoms with Crippen LogP contribution in [0.1, 0.15) is 60.5 Å². The zero-order valence-corrected chi connectivity index (χ0v) is 16.5. The van der Waals surface area contributed by atoms with Crippen LogP contribution in [0.4, 0.5) is 0 Å². The summed E-state index contributed by atoms with van der Waals surface area (Å²) < 4.78 is 7.13. The summed E-state index contributed by atoms with van der Waals surface area (Å²) in [6.07, 6.45) is 2.01. The van der Waals surface area contributed by atoms with Gasteiger partial charge in [0.2, 0.25) is 0 Å². The molecular formula is C20H29N5O2. The van der Waals surface area contributed by atoms with Gasteiger partial charge in [0.25, 0.3) is 5.91 Å². The number of methoxy groups -OCH3 is 1. The number of carbonyl (C=O) groups excluding carboxylic acids is 1. The number of piperidine rings is 1. The third-order valence-corrected chi connectivity index (χ3v) is 5.23. The van der Waals surface area contributed by atoms with Crippen molar-refractivity contribution in [2.75, 3.05) is 20.2 Å². The maximum Gasteiger partial charge on any atom is 0.274 e. The number of amides is 1. The molecule has 0 bridgehead atoms. The smallest absolute Gasteiger partial charge is 0.274 e. The largest absolute Gasteiger partial charge is 0.497 e. The van der Waals surface area contributed by atoms with E-state index in [1.54, 1.807) is 7.11 Å². The number of hydrogen-bond acceptors (Lipinski definition) is 5. The Bertz CT molecular complexity index is 763. The second kappa shape index (κ2) is 8.52. The van der Waals surface area contributed by atoms with Crippen LogP contribution in [0, 0.1) is 12.8 Å². The molecule has 1 atom stereocenters. The highest BCUT2D eigenvalue weighted by Gasteiger charge is 2.25. The molecule has 2 aromatic rings. The van der Waals surface area contributed by atoms with Gasteiger partial charge in [0.05, 0.1) is 24.9 Å². The first-order valence-electron chi connectivity index (χ1n) is 9.58. The van der Waals surface area contributed by atoms with Crippen molar-refractivity contribution in [1.29, 1.82) is 0 Å². The number of carbonyl (C=O) groups is 1. The van der Waals surface area contributed by atoms with Crippen LogP contribution in [0.2, 0.25) is 0 Å². The zero-order valence-electron chi connectivity index (χ0n) is 16.5. The van der Waals surface area contributed by atoms with E-state index in [0.29, 0.717) is 11.7 Å². The fourth-order valence-electron chi connectivity index (χ4n) is 3.60. The van der Waals surface area contributed by atoms with E-state index < -0.39 is 0 Å². The summed E-state index contributed by atoms with van der Waals surface area (Å²) in [5.74, 6) is 0.859. The number of aromatic nitrogens is 3. The molecule has 2 heterocycles. The Morgan fingerprint density at radius 1 is 1.26 bits per heavy atom. The first-order valence-corrected chi connectivity index (χ1v) is 9.58. The summed E-state index contributed by atoms with van der Waals surface area (Å²) >= 11 is 0. The average molecular weight is 371 g/mol. The fourth-order valence-corrected chi connectivity index (χ4v) is 3.60. The molecule has 1 aliphatic heterocycles. The average Bonchev–Trinajstić information content (AvgIpc) is 3.08. The van der Waals surface area contributed by atoms with Crippen LogP contribution in [0.5, 0.6) is 5.75 Å². The molecule has 27 heavy (non-hydrogen) atoms. The molecule has 2 N–H and O–H groups in total. The van der Waals surface area contributed by atoms with E-state index in [0.717, 1.165) is 42.9 Å². The van der Waals surface area contributed by atoms with Gasteiger partial charge >= 0.3 is 0 Å². The Balaban J connectivity index is 1.76. The van der Waals surface area contributed by atoms with Gasteiger partial charge in [-0.05, 0) is 56.5 Å². The lowest BCUT2D eigenvalue weighted by Crippen LogP contribution is -2.33. The highest BCUT2D eigenvalue weighted by Crippen LogP contribution is 2.25. The maximum atomic E-state index is 12.9. The zero-order chi connectivity index (χ0) is 19.4. The van der Waals surface area contributed by atoms with E-state index in [1.807, 2.05) is 35.9 Å². The molecule has 7 nitrogen and oxygen atoms in total. The molecule has 1 saturated heterocycles. The van der Waals surface area contributed by atoms with Crippen molar-refractivity contribution in [2.24, 2.45) is 5.92 Å². The molecule has 0 radical (unpaired) electrons. The van der Waals surface area contributed by atoms with Crippen molar-refractivity contribution in [3.05, 3.63) is 41.2 Å². The molecule has 7 heteroatoms. The highest BCUT2D eigenvalue weighted by molar-refractivity contribution is 5.93. The van der Waals surface area contributed by atoms with E-state index >= 15 is 0 Å². The predicted octanol–water partition coefficient (Wildman–Crippen LogP) is 2.65. The van der Waals surface area contributed by atoms with Gasteiger partial charge in [0.1, 0.15) is 5.75 Å². The van der Waals surface area contributed by atoms with Crippen molar-refractivity contribution in [3.8, 4) is 5.75 Å². The van der Waals surface area contributed by atoms with E-state index in [1.165, 1.54) is 0 Å². The first-order chi connectivity index (χ1) is 13.0. The molecule has 1 fully saturated rings. The van der Waals surface area contributed by atoms with Crippen LogP contribution in [0.3, 0.4) is 0 Å². The van der Waals surface area contributed by atoms with Gasteiger partial charge in [-0.25, -0.2) is 4.68 Å². The molecule has 0 aliphatic carbocycles. The number of nitrogens with zero attached hydrogens (tertiary/aromatic N) is 3. The normalized spacial score (nSPS) is 16.3. The van der Waals surface area contributed by atoms with Crippen molar-refractivity contribution in [3.63, 3.8) is 0 Å². The summed E-state index contributed by atoms with van der Waals surface area (Å²) in [5, 5.41) is 14.9. The second-order valence-corrected chi connectivity index (χ2v) is 7.42.